The lowest BCUT2D eigenvalue weighted by Gasteiger charge is -2.23. The quantitative estimate of drug-likeness (QED) is 0.754. The van der Waals surface area contributed by atoms with Crippen LogP contribution < -0.4 is 5.73 Å². The van der Waals surface area contributed by atoms with E-state index in [0.717, 1.165) is 0 Å². The number of pyridine rings is 1. The molecule has 0 aliphatic rings. The van der Waals surface area contributed by atoms with Crippen molar-refractivity contribution in [3.05, 3.63) is 29.0 Å². The van der Waals surface area contributed by atoms with Gasteiger partial charge in [0.05, 0.1) is 5.54 Å². The third-order valence-electron chi connectivity index (χ3n) is 1.80. The van der Waals surface area contributed by atoms with Crippen molar-refractivity contribution < 1.29 is 8.78 Å². The van der Waals surface area contributed by atoms with E-state index in [1.165, 1.54) is 25.3 Å². The molecule has 0 bridgehead atoms. The van der Waals surface area contributed by atoms with Gasteiger partial charge in [-0.3, -0.25) is 0 Å². The average molecular weight is 207 g/mol. The largest absolute Gasteiger partial charge is 0.317 e. The Bertz CT molecular complexity index is 302. The van der Waals surface area contributed by atoms with Gasteiger partial charge in [-0.1, -0.05) is 11.6 Å². The number of alkyl halides is 2. The monoisotopic (exact) mass is 206 g/mol. The molecule has 0 radical (unpaired) electrons. The molecular weight excluding hydrogens is 198 g/mol. The van der Waals surface area contributed by atoms with Gasteiger partial charge < -0.3 is 5.73 Å². The Morgan fingerprint density at radius 3 is 2.69 bits per heavy atom. The Morgan fingerprint density at radius 2 is 2.23 bits per heavy atom. The molecule has 1 aromatic heterocycles. The highest BCUT2D eigenvalue weighted by Gasteiger charge is 2.32. The van der Waals surface area contributed by atoms with Gasteiger partial charge in [0.1, 0.15) is 5.15 Å². The minimum absolute atomic E-state index is 0.162. The van der Waals surface area contributed by atoms with E-state index >= 15 is 0 Å². The molecular formula is C8H9ClF2N2. The maximum Gasteiger partial charge on any atom is 0.260 e. The van der Waals surface area contributed by atoms with Crippen molar-refractivity contribution in [1.29, 1.82) is 0 Å². The average Bonchev–Trinajstić information content (AvgIpc) is 2.04. The number of nitrogens with two attached hydrogens (primary N) is 1. The fraction of sp³-hybridized carbons (Fsp3) is 0.375. The van der Waals surface area contributed by atoms with E-state index < -0.39 is 12.0 Å². The van der Waals surface area contributed by atoms with Gasteiger partial charge >= 0.3 is 0 Å². The van der Waals surface area contributed by atoms with Crippen LogP contribution in [0, 0.1) is 0 Å². The summed E-state index contributed by atoms with van der Waals surface area (Å²) in [6.45, 7) is 1.25. The first-order valence-corrected chi connectivity index (χ1v) is 4.01. The predicted octanol–water partition coefficient (Wildman–Crippen LogP) is 2.17. The minimum atomic E-state index is -2.63. The summed E-state index contributed by atoms with van der Waals surface area (Å²) in [5, 5.41) is 0.162. The molecule has 0 saturated heterocycles. The van der Waals surface area contributed by atoms with Crippen molar-refractivity contribution in [1.82, 2.24) is 4.98 Å². The molecule has 1 atom stereocenters. The lowest BCUT2D eigenvalue weighted by atomic mass is 9.95. The van der Waals surface area contributed by atoms with E-state index in [9.17, 15) is 8.78 Å². The molecule has 72 valence electrons. The number of hydrogen-bond acceptors (Lipinski definition) is 2. The summed E-state index contributed by atoms with van der Waals surface area (Å²) in [7, 11) is 0. The van der Waals surface area contributed by atoms with Crippen LogP contribution in [0.1, 0.15) is 12.5 Å². The molecule has 0 fully saturated rings. The Balaban J connectivity index is 3.07. The Hall–Kier alpha value is -0.740. The van der Waals surface area contributed by atoms with Crippen LogP contribution in [-0.4, -0.2) is 11.4 Å². The van der Waals surface area contributed by atoms with Crippen molar-refractivity contribution in [3.8, 4) is 0 Å². The lowest BCUT2D eigenvalue weighted by Crippen LogP contribution is -2.40. The molecule has 13 heavy (non-hydrogen) atoms. The number of rotatable bonds is 2. The van der Waals surface area contributed by atoms with Gasteiger partial charge in [0.15, 0.2) is 0 Å². The van der Waals surface area contributed by atoms with Gasteiger partial charge in [-0.25, -0.2) is 13.8 Å². The first-order valence-electron chi connectivity index (χ1n) is 3.63. The molecule has 2 nitrogen and oxygen atoms in total. The molecule has 0 spiro atoms. The number of halogens is 3. The van der Waals surface area contributed by atoms with E-state index in [4.69, 9.17) is 17.3 Å². The molecule has 0 saturated carbocycles. The first kappa shape index (κ1) is 10.3. The summed E-state index contributed by atoms with van der Waals surface area (Å²) >= 11 is 5.54. The SMILES string of the molecule is CC(N)(c1ccnc(Cl)c1)C(F)F. The van der Waals surface area contributed by atoms with Crippen LogP contribution in [0.3, 0.4) is 0 Å². The second kappa shape index (κ2) is 3.55. The summed E-state index contributed by atoms with van der Waals surface area (Å²) in [4.78, 5) is 3.68. The summed E-state index contributed by atoms with van der Waals surface area (Å²) in [5.41, 5.74) is 4.02. The van der Waals surface area contributed by atoms with Crippen LogP contribution in [0.5, 0.6) is 0 Å². The van der Waals surface area contributed by atoms with Crippen LogP contribution in [0.2, 0.25) is 5.15 Å². The normalized spacial score (nSPS) is 15.8. The fourth-order valence-corrected chi connectivity index (χ4v) is 1.04. The molecule has 1 aromatic rings. The summed E-state index contributed by atoms with van der Waals surface area (Å²) < 4.78 is 24.9. The lowest BCUT2D eigenvalue weighted by molar-refractivity contribution is 0.0625. The maximum absolute atomic E-state index is 12.4. The van der Waals surface area contributed by atoms with Gasteiger partial charge in [0.2, 0.25) is 0 Å². The van der Waals surface area contributed by atoms with Crippen molar-refractivity contribution >= 4 is 11.6 Å². The molecule has 1 rings (SSSR count). The van der Waals surface area contributed by atoms with Crippen molar-refractivity contribution in [2.45, 2.75) is 18.9 Å². The van der Waals surface area contributed by atoms with E-state index in [1.54, 1.807) is 0 Å². The second-order valence-corrected chi connectivity index (χ2v) is 3.34. The van der Waals surface area contributed by atoms with Crippen LogP contribution in [-0.2, 0) is 5.54 Å². The predicted molar refractivity (Wildman–Crippen MR) is 46.8 cm³/mol. The van der Waals surface area contributed by atoms with E-state index in [0.29, 0.717) is 0 Å². The van der Waals surface area contributed by atoms with Crippen molar-refractivity contribution in [3.63, 3.8) is 0 Å². The van der Waals surface area contributed by atoms with E-state index in [-0.39, 0.29) is 10.7 Å². The summed E-state index contributed by atoms with van der Waals surface area (Å²) in [6, 6.07) is 2.77. The zero-order chi connectivity index (χ0) is 10.1. The molecule has 0 amide bonds. The first-order chi connectivity index (χ1) is 5.94. The molecule has 2 N–H and O–H groups in total. The third kappa shape index (κ3) is 2.14. The highest BCUT2D eigenvalue weighted by Crippen LogP contribution is 2.25. The molecule has 1 unspecified atom stereocenters. The number of nitrogens with zero attached hydrogens (tertiary/aromatic N) is 1. The molecule has 0 aliphatic carbocycles. The molecule has 0 aromatic carbocycles. The van der Waals surface area contributed by atoms with Gasteiger partial charge in [-0.05, 0) is 24.6 Å². The summed E-state index contributed by atoms with van der Waals surface area (Å²) in [6.07, 6.45) is -1.28. The highest BCUT2D eigenvalue weighted by molar-refractivity contribution is 6.29. The van der Waals surface area contributed by atoms with Crippen molar-refractivity contribution in [2.75, 3.05) is 0 Å². The molecule has 5 heteroatoms. The van der Waals surface area contributed by atoms with Crippen molar-refractivity contribution in [2.24, 2.45) is 5.73 Å². The van der Waals surface area contributed by atoms with E-state index in [1.807, 2.05) is 0 Å². The van der Waals surface area contributed by atoms with Gasteiger partial charge in [0.25, 0.3) is 6.43 Å². The minimum Gasteiger partial charge on any atom is -0.317 e. The molecule has 0 aliphatic heterocycles. The van der Waals surface area contributed by atoms with Crippen LogP contribution >= 0.6 is 11.6 Å². The standard InChI is InChI=1S/C8H9ClF2N2/c1-8(12,7(10)11)5-2-3-13-6(9)4-5/h2-4,7H,12H2,1H3. The number of hydrogen-bond donors (Lipinski definition) is 1. The zero-order valence-electron chi connectivity index (χ0n) is 6.97. The van der Waals surface area contributed by atoms with Crippen LogP contribution in [0.4, 0.5) is 8.78 Å². The van der Waals surface area contributed by atoms with Crippen LogP contribution in [0.15, 0.2) is 18.3 Å². The third-order valence-corrected chi connectivity index (χ3v) is 2.01. The zero-order valence-corrected chi connectivity index (χ0v) is 7.72. The second-order valence-electron chi connectivity index (χ2n) is 2.95. The van der Waals surface area contributed by atoms with Gasteiger partial charge in [-0.2, -0.15) is 0 Å². The molecule has 1 heterocycles. The van der Waals surface area contributed by atoms with E-state index in [2.05, 4.69) is 4.98 Å². The van der Waals surface area contributed by atoms with Gasteiger partial charge in [0, 0.05) is 6.20 Å². The summed E-state index contributed by atoms with van der Waals surface area (Å²) in [5.74, 6) is 0. The highest BCUT2D eigenvalue weighted by atomic mass is 35.5. The number of aromatic nitrogens is 1. The topological polar surface area (TPSA) is 38.9 Å². The maximum atomic E-state index is 12.4. The Morgan fingerprint density at radius 1 is 1.62 bits per heavy atom. The fourth-order valence-electron chi connectivity index (χ4n) is 0.864. The Kier molecular flexibility index (Phi) is 2.83. The van der Waals surface area contributed by atoms with Gasteiger partial charge in [-0.15, -0.1) is 0 Å². The van der Waals surface area contributed by atoms with Crippen LogP contribution in [0.25, 0.3) is 0 Å². The Labute approximate surface area is 79.7 Å². The smallest absolute Gasteiger partial charge is 0.260 e.